The number of furan rings is 1. The van der Waals surface area contributed by atoms with Gasteiger partial charge in [-0.25, -0.2) is 0 Å². The van der Waals surface area contributed by atoms with Crippen molar-refractivity contribution in [3.05, 3.63) is 76.5 Å². The van der Waals surface area contributed by atoms with Crippen molar-refractivity contribution in [3.63, 3.8) is 0 Å². The van der Waals surface area contributed by atoms with Gasteiger partial charge in [0.1, 0.15) is 11.5 Å². The molecule has 7 heteroatoms. The molecule has 3 rings (SSSR count). The molecule has 1 aromatic heterocycles. The Hall–Kier alpha value is -3.02. The molecular formula is C22H18Cl2N2O3. The Bertz CT molecular complexity index is 1040. The lowest BCUT2D eigenvalue weighted by Crippen LogP contribution is -2.10. The minimum atomic E-state index is -0.306. The third-order valence-corrected chi connectivity index (χ3v) is 4.37. The van der Waals surface area contributed by atoms with Crippen LogP contribution in [-0.4, -0.2) is 11.8 Å². The fraction of sp³-hybridized carbons (Fsp3) is 0.0909. The second-order valence-electron chi connectivity index (χ2n) is 6.16. The summed E-state index contributed by atoms with van der Waals surface area (Å²) >= 11 is 12.0. The minimum Gasteiger partial charge on any atom is -0.457 e. The molecule has 2 N–H and O–H groups in total. The summed E-state index contributed by atoms with van der Waals surface area (Å²) in [6, 6.07) is 15.5. The molecule has 0 radical (unpaired) electrons. The van der Waals surface area contributed by atoms with E-state index in [4.69, 9.17) is 27.6 Å². The van der Waals surface area contributed by atoms with E-state index >= 15 is 0 Å². The van der Waals surface area contributed by atoms with Gasteiger partial charge in [0, 0.05) is 39.5 Å². The highest BCUT2D eigenvalue weighted by atomic mass is 35.5. The molecular weight excluding hydrogens is 411 g/mol. The molecule has 0 bridgehead atoms. The molecule has 0 fully saturated rings. The number of nitrogens with one attached hydrogen (secondary N) is 2. The Balaban J connectivity index is 1.61. The summed E-state index contributed by atoms with van der Waals surface area (Å²) < 4.78 is 5.72. The first-order chi connectivity index (χ1) is 13.9. The molecule has 0 saturated carbocycles. The summed E-state index contributed by atoms with van der Waals surface area (Å²) in [6.07, 6.45) is 3.35. The second kappa shape index (κ2) is 9.45. The number of hydrogen-bond donors (Lipinski definition) is 2. The first-order valence-electron chi connectivity index (χ1n) is 8.88. The summed E-state index contributed by atoms with van der Waals surface area (Å²) in [4.78, 5) is 23.5. The summed E-state index contributed by atoms with van der Waals surface area (Å²) in [5, 5.41) is 6.52. The Kier molecular flexibility index (Phi) is 6.75. The van der Waals surface area contributed by atoms with Crippen LogP contribution < -0.4 is 10.6 Å². The average Bonchev–Trinajstić information content (AvgIpc) is 3.16. The van der Waals surface area contributed by atoms with Gasteiger partial charge in [0.2, 0.25) is 11.8 Å². The maximum atomic E-state index is 12.1. The van der Waals surface area contributed by atoms with Gasteiger partial charge in [0.05, 0.1) is 0 Å². The van der Waals surface area contributed by atoms with Crippen molar-refractivity contribution in [1.82, 2.24) is 0 Å². The van der Waals surface area contributed by atoms with Gasteiger partial charge in [-0.15, -0.1) is 0 Å². The molecule has 0 spiro atoms. The van der Waals surface area contributed by atoms with Crippen molar-refractivity contribution in [2.24, 2.45) is 0 Å². The van der Waals surface area contributed by atoms with Gasteiger partial charge < -0.3 is 15.1 Å². The zero-order valence-corrected chi connectivity index (χ0v) is 17.1. The first kappa shape index (κ1) is 20.7. The molecule has 0 aliphatic rings. The average molecular weight is 429 g/mol. The van der Waals surface area contributed by atoms with Crippen LogP contribution in [-0.2, 0) is 9.59 Å². The standard InChI is InChI=1S/C22H18Cl2N2O3/c1-2-21(27)25-17-3-5-18(6-4-17)26-22(28)10-8-19-7-9-20(29-19)14-11-15(23)13-16(24)12-14/h3-13H,2H2,1H3,(H,25,27)(H,26,28)/b10-8+. The molecule has 0 saturated heterocycles. The van der Waals surface area contributed by atoms with Crippen LogP contribution in [0.3, 0.4) is 0 Å². The van der Waals surface area contributed by atoms with Crippen molar-refractivity contribution < 1.29 is 14.0 Å². The van der Waals surface area contributed by atoms with Gasteiger partial charge in [0.25, 0.3) is 0 Å². The number of rotatable bonds is 6. The van der Waals surface area contributed by atoms with Crippen molar-refractivity contribution >= 4 is 52.5 Å². The quantitative estimate of drug-likeness (QED) is 0.455. The third kappa shape index (κ3) is 5.98. The van der Waals surface area contributed by atoms with E-state index < -0.39 is 0 Å². The lowest BCUT2D eigenvalue weighted by molar-refractivity contribution is -0.116. The number of benzene rings is 2. The predicted molar refractivity (Wildman–Crippen MR) is 117 cm³/mol. The number of carbonyl (C=O) groups excluding carboxylic acids is 2. The zero-order valence-electron chi connectivity index (χ0n) is 15.5. The highest BCUT2D eigenvalue weighted by Gasteiger charge is 2.06. The van der Waals surface area contributed by atoms with E-state index in [2.05, 4.69) is 10.6 Å². The van der Waals surface area contributed by atoms with Gasteiger partial charge in [-0.3, -0.25) is 9.59 Å². The summed E-state index contributed by atoms with van der Waals surface area (Å²) in [7, 11) is 0. The molecule has 29 heavy (non-hydrogen) atoms. The molecule has 0 atom stereocenters. The zero-order chi connectivity index (χ0) is 20.8. The van der Waals surface area contributed by atoms with E-state index in [9.17, 15) is 9.59 Å². The Morgan fingerprint density at radius 2 is 1.55 bits per heavy atom. The monoisotopic (exact) mass is 428 g/mol. The van der Waals surface area contributed by atoms with Crippen LogP contribution in [0.2, 0.25) is 10.0 Å². The molecule has 0 aliphatic heterocycles. The largest absolute Gasteiger partial charge is 0.457 e. The van der Waals surface area contributed by atoms with Crippen molar-refractivity contribution in [2.45, 2.75) is 13.3 Å². The van der Waals surface area contributed by atoms with E-state index in [0.717, 1.165) is 5.56 Å². The Labute approximate surface area is 178 Å². The van der Waals surface area contributed by atoms with Crippen molar-refractivity contribution in [2.75, 3.05) is 10.6 Å². The fourth-order valence-corrected chi connectivity index (χ4v) is 3.05. The Morgan fingerprint density at radius 3 is 2.17 bits per heavy atom. The van der Waals surface area contributed by atoms with Crippen molar-refractivity contribution in [3.8, 4) is 11.3 Å². The number of hydrogen-bond acceptors (Lipinski definition) is 3. The highest BCUT2D eigenvalue weighted by molar-refractivity contribution is 6.35. The maximum absolute atomic E-state index is 12.1. The van der Waals surface area contributed by atoms with Crippen LogP contribution in [0.15, 0.2) is 65.1 Å². The Morgan fingerprint density at radius 1 is 0.931 bits per heavy atom. The van der Waals surface area contributed by atoms with E-state index in [1.807, 2.05) is 0 Å². The summed E-state index contributed by atoms with van der Waals surface area (Å²) in [5.41, 5.74) is 2.04. The number of amides is 2. The molecule has 2 amide bonds. The van der Waals surface area contributed by atoms with E-state index in [1.165, 1.54) is 6.08 Å². The molecule has 148 valence electrons. The summed E-state index contributed by atoms with van der Waals surface area (Å²) in [5.74, 6) is 0.740. The van der Waals surface area contributed by atoms with Crippen LogP contribution >= 0.6 is 23.2 Å². The smallest absolute Gasteiger partial charge is 0.248 e. The van der Waals surface area contributed by atoms with E-state index in [-0.39, 0.29) is 11.8 Å². The highest BCUT2D eigenvalue weighted by Crippen LogP contribution is 2.29. The lowest BCUT2D eigenvalue weighted by atomic mass is 10.2. The van der Waals surface area contributed by atoms with Crippen LogP contribution in [0.1, 0.15) is 19.1 Å². The molecule has 0 aliphatic carbocycles. The number of carbonyl (C=O) groups is 2. The van der Waals surface area contributed by atoms with Gasteiger partial charge in [-0.2, -0.15) is 0 Å². The molecule has 3 aromatic rings. The van der Waals surface area contributed by atoms with Crippen LogP contribution in [0.25, 0.3) is 17.4 Å². The topological polar surface area (TPSA) is 71.3 Å². The van der Waals surface area contributed by atoms with Gasteiger partial charge in [-0.1, -0.05) is 30.1 Å². The van der Waals surface area contributed by atoms with E-state index in [1.54, 1.807) is 67.6 Å². The predicted octanol–water partition coefficient (Wildman–Crippen LogP) is 6.25. The van der Waals surface area contributed by atoms with Crippen molar-refractivity contribution in [1.29, 1.82) is 0 Å². The van der Waals surface area contributed by atoms with Crippen LogP contribution in [0.4, 0.5) is 11.4 Å². The van der Waals surface area contributed by atoms with Gasteiger partial charge >= 0.3 is 0 Å². The molecule has 2 aromatic carbocycles. The molecule has 5 nitrogen and oxygen atoms in total. The fourth-order valence-electron chi connectivity index (χ4n) is 2.52. The lowest BCUT2D eigenvalue weighted by Gasteiger charge is -2.05. The molecule has 0 unspecified atom stereocenters. The normalized spacial score (nSPS) is 10.9. The van der Waals surface area contributed by atoms with Crippen LogP contribution in [0.5, 0.6) is 0 Å². The molecule has 1 heterocycles. The van der Waals surface area contributed by atoms with E-state index in [0.29, 0.717) is 39.4 Å². The van der Waals surface area contributed by atoms with Crippen LogP contribution in [0, 0.1) is 0 Å². The minimum absolute atomic E-state index is 0.0671. The second-order valence-corrected chi connectivity index (χ2v) is 7.03. The SMILES string of the molecule is CCC(=O)Nc1ccc(NC(=O)/C=C/c2ccc(-c3cc(Cl)cc(Cl)c3)o2)cc1. The summed E-state index contributed by atoms with van der Waals surface area (Å²) in [6.45, 7) is 1.78. The first-order valence-corrected chi connectivity index (χ1v) is 9.64. The number of anilines is 2. The van der Waals surface area contributed by atoms with Gasteiger partial charge in [-0.05, 0) is 60.7 Å². The van der Waals surface area contributed by atoms with Gasteiger partial charge in [0.15, 0.2) is 0 Å². The maximum Gasteiger partial charge on any atom is 0.248 e. The third-order valence-electron chi connectivity index (χ3n) is 3.93. The number of halogens is 2.